The van der Waals surface area contributed by atoms with Crippen LogP contribution in [0, 0.1) is 0 Å². The summed E-state index contributed by atoms with van der Waals surface area (Å²) in [6.07, 6.45) is 2.59. The Morgan fingerprint density at radius 2 is 1.64 bits per heavy atom. The molecule has 0 aromatic heterocycles. The maximum Gasteiger partial charge on any atom is 0.124 e. The Morgan fingerprint density at radius 3 is 2.44 bits per heavy atom. The van der Waals surface area contributed by atoms with Gasteiger partial charge in [-0.1, -0.05) is 55.8 Å². The fourth-order valence-corrected chi connectivity index (χ4v) is 4.11. The topological polar surface area (TPSA) is 15.7 Å². The minimum atomic E-state index is 0.309. The summed E-state index contributed by atoms with van der Waals surface area (Å²) in [5.41, 5.74) is 4.04. The molecule has 0 radical (unpaired) electrons. The van der Waals surface area contributed by atoms with Gasteiger partial charge in [0.2, 0.25) is 0 Å². The van der Waals surface area contributed by atoms with Crippen molar-refractivity contribution in [1.29, 1.82) is 0 Å². The van der Waals surface area contributed by atoms with Crippen molar-refractivity contribution in [3.8, 4) is 5.75 Å². The summed E-state index contributed by atoms with van der Waals surface area (Å²) in [5, 5.41) is 0. The molecule has 0 aliphatic carbocycles. The van der Waals surface area contributed by atoms with Crippen LogP contribution >= 0.6 is 0 Å². The van der Waals surface area contributed by atoms with Crippen molar-refractivity contribution < 1.29 is 4.74 Å². The van der Waals surface area contributed by atoms with E-state index >= 15 is 0 Å². The standard InChI is InChI=1S/C22H28N2O/c1-2-3-12-23-13-15-24(16-14-23)22-19-9-5-4-8-18(19)17-25-21-11-7-6-10-20(21)22/h4-11,22H,2-3,12-17H2,1H3. The quantitative estimate of drug-likeness (QED) is 0.836. The number of hydrogen-bond donors (Lipinski definition) is 0. The van der Waals surface area contributed by atoms with E-state index in [9.17, 15) is 0 Å². The van der Waals surface area contributed by atoms with E-state index in [0.717, 1.165) is 18.8 Å². The van der Waals surface area contributed by atoms with Gasteiger partial charge in [-0.15, -0.1) is 0 Å². The second-order valence-corrected chi connectivity index (χ2v) is 7.16. The zero-order valence-corrected chi connectivity index (χ0v) is 15.2. The van der Waals surface area contributed by atoms with Crippen molar-refractivity contribution in [1.82, 2.24) is 9.80 Å². The fourth-order valence-electron chi connectivity index (χ4n) is 4.11. The monoisotopic (exact) mass is 336 g/mol. The van der Waals surface area contributed by atoms with Gasteiger partial charge in [0.25, 0.3) is 0 Å². The maximum atomic E-state index is 6.13. The van der Waals surface area contributed by atoms with Crippen molar-refractivity contribution in [3.05, 3.63) is 65.2 Å². The molecular weight excluding hydrogens is 308 g/mol. The molecule has 1 atom stereocenters. The average molecular weight is 336 g/mol. The minimum absolute atomic E-state index is 0.309. The molecule has 1 saturated heterocycles. The van der Waals surface area contributed by atoms with E-state index in [0.29, 0.717) is 12.6 Å². The number of unbranched alkanes of at least 4 members (excludes halogenated alkanes) is 1. The first-order valence-corrected chi connectivity index (χ1v) is 9.62. The van der Waals surface area contributed by atoms with Crippen molar-refractivity contribution in [2.45, 2.75) is 32.4 Å². The second-order valence-electron chi connectivity index (χ2n) is 7.16. The molecule has 0 N–H and O–H groups in total. The molecule has 2 aromatic rings. The lowest BCUT2D eigenvalue weighted by atomic mass is 9.93. The van der Waals surface area contributed by atoms with Gasteiger partial charge in [0, 0.05) is 31.7 Å². The lowest BCUT2D eigenvalue weighted by molar-refractivity contribution is 0.108. The van der Waals surface area contributed by atoms with Gasteiger partial charge in [-0.3, -0.25) is 4.90 Å². The summed E-state index contributed by atoms with van der Waals surface area (Å²) in [6.45, 7) is 8.76. The highest BCUT2D eigenvalue weighted by molar-refractivity contribution is 5.46. The first-order chi connectivity index (χ1) is 12.4. The van der Waals surface area contributed by atoms with Crippen LogP contribution in [0.3, 0.4) is 0 Å². The van der Waals surface area contributed by atoms with E-state index in [1.807, 2.05) is 0 Å². The summed E-state index contributed by atoms with van der Waals surface area (Å²) in [5.74, 6) is 1.04. The number of benzene rings is 2. The highest BCUT2D eigenvalue weighted by Crippen LogP contribution is 2.39. The Hall–Kier alpha value is -1.84. The Kier molecular flexibility index (Phi) is 5.04. The van der Waals surface area contributed by atoms with Crippen molar-refractivity contribution in [3.63, 3.8) is 0 Å². The highest BCUT2D eigenvalue weighted by Gasteiger charge is 2.31. The molecule has 0 amide bonds. The van der Waals surface area contributed by atoms with Gasteiger partial charge in [0.15, 0.2) is 0 Å². The fraction of sp³-hybridized carbons (Fsp3) is 0.455. The van der Waals surface area contributed by atoms with Gasteiger partial charge in [-0.25, -0.2) is 0 Å². The van der Waals surface area contributed by atoms with Gasteiger partial charge in [0.1, 0.15) is 12.4 Å². The first kappa shape index (κ1) is 16.6. The molecule has 3 heteroatoms. The molecule has 1 fully saturated rings. The van der Waals surface area contributed by atoms with Gasteiger partial charge < -0.3 is 9.64 Å². The summed E-state index contributed by atoms with van der Waals surface area (Å²) in [4.78, 5) is 5.26. The lowest BCUT2D eigenvalue weighted by Crippen LogP contribution is -2.48. The van der Waals surface area contributed by atoms with Crippen LogP contribution in [0.4, 0.5) is 0 Å². The molecule has 0 bridgehead atoms. The smallest absolute Gasteiger partial charge is 0.124 e. The van der Waals surface area contributed by atoms with Crippen LogP contribution in [0.5, 0.6) is 5.75 Å². The molecule has 1 unspecified atom stereocenters. The Morgan fingerprint density at radius 1 is 0.920 bits per heavy atom. The number of ether oxygens (including phenoxy) is 1. The van der Waals surface area contributed by atoms with E-state index in [-0.39, 0.29) is 0 Å². The van der Waals surface area contributed by atoms with Gasteiger partial charge in [-0.05, 0) is 30.2 Å². The zero-order chi connectivity index (χ0) is 17.1. The van der Waals surface area contributed by atoms with Gasteiger partial charge in [0.05, 0.1) is 6.04 Å². The van der Waals surface area contributed by atoms with E-state index in [1.165, 1.54) is 49.2 Å². The number of piperazine rings is 1. The van der Waals surface area contributed by atoms with Crippen molar-refractivity contribution in [2.24, 2.45) is 0 Å². The summed E-state index contributed by atoms with van der Waals surface area (Å²) >= 11 is 0. The predicted molar refractivity (Wildman–Crippen MR) is 102 cm³/mol. The van der Waals surface area contributed by atoms with Crippen molar-refractivity contribution >= 4 is 0 Å². The molecular formula is C22H28N2O. The third kappa shape index (κ3) is 3.44. The molecule has 2 aliphatic rings. The Balaban J connectivity index is 1.62. The average Bonchev–Trinajstić information content (AvgIpc) is 2.84. The number of hydrogen-bond acceptors (Lipinski definition) is 3. The molecule has 25 heavy (non-hydrogen) atoms. The van der Waals surface area contributed by atoms with Crippen LogP contribution < -0.4 is 4.74 Å². The molecule has 132 valence electrons. The molecule has 2 aromatic carbocycles. The van der Waals surface area contributed by atoms with E-state index in [1.54, 1.807) is 0 Å². The number of para-hydroxylation sites is 1. The SMILES string of the molecule is CCCCN1CCN(C2c3ccccc3COc3ccccc32)CC1. The van der Waals surface area contributed by atoms with Gasteiger partial charge in [-0.2, -0.15) is 0 Å². The Labute approximate surface area is 151 Å². The second kappa shape index (κ2) is 7.59. The van der Waals surface area contributed by atoms with Crippen LogP contribution in [0.25, 0.3) is 0 Å². The van der Waals surface area contributed by atoms with E-state index < -0.39 is 0 Å². The number of rotatable bonds is 4. The minimum Gasteiger partial charge on any atom is -0.489 e. The number of nitrogens with zero attached hydrogens (tertiary/aromatic N) is 2. The van der Waals surface area contributed by atoms with E-state index in [4.69, 9.17) is 4.74 Å². The third-order valence-corrected chi connectivity index (χ3v) is 5.55. The Bertz CT molecular complexity index is 659. The molecule has 2 heterocycles. The normalized spacial score (nSPS) is 21.1. The van der Waals surface area contributed by atoms with Crippen LogP contribution in [0.2, 0.25) is 0 Å². The third-order valence-electron chi connectivity index (χ3n) is 5.55. The van der Waals surface area contributed by atoms with Crippen LogP contribution in [0.1, 0.15) is 42.5 Å². The maximum absolute atomic E-state index is 6.13. The molecule has 3 nitrogen and oxygen atoms in total. The molecule has 0 spiro atoms. The van der Waals surface area contributed by atoms with Crippen molar-refractivity contribution in [2.75, 3.05) is 32.7 Å². The molecule has 0 saturated carbocycles. The lowest BCUT2D eigenvalue weighted by Gasteiger charge is -2.40. The summed E-state index contributed by atoms with van der Waals surface area (Å²) in [6, 6.07) is 17.7. The number of fused-ring (bicyclic) bond motifs is 2. The molecule has 2 aliphatic heterocycles. The first-order valence-electron chi connectivity index (χ1n) is 9.62. The van der Waals surface area contributed by atoms with Crippen LogP contribution in [-0.4, -0.2) is 42.5 Å². The van der Waals surface area contributed by atoms with Gasteiger partial charge >= 0.3 is 0 Å². The zero-order valence-electron chi connectivity index (χ0n) is 15.2. The molecule has 4 rings (SSSR count). The van der Waals surface area contributed by atoms with Crippen LogP contribution in [-0.2, 0) is 6.61 Å². The summed E-state index contributed by atoms with van der Waals surface area (Å²) in [7, 11) is 0. The summed E-state index contributed by atoms with van der Waals surface area (Å²) < 4.78 is 6.13. The highest BCUT2D eigenvalue weighted by atomic mass is 16.5. The largest absolute Gasteiger partial charge is 0.489 e. The van der Waals surface area contributed by atoms with Crippen LogP contribution in [0.15, 0.2) is 48.5 Å². The van der Waals surface area contributed by atoms with E-state index in [2.05, 4.69) is 65.3 Å². The predicted octanol–water partition coefficient (Wildman–Crippen LogP) is 4.09.